The van der Waals surface area contributed by atoms with Crippen LogP contribution in [-0.2, 0) is 0 Å². The highest BCUT2D eigenvalue weighted by atomic mass is 16.6. The Bertz CT molecular complexity index is 1670. The van der Waals surface area contributed by atoms with E-state index in [9.17, 15) is 20.0 Å². The molecule has 248 valence electrons. The second kappa shape index (κ2) is 19.1. The first-order valence-electron chi connectivity index (χ1n) is 15.4. The zero-order valence-electron chi connectivity index (χ0n) is 27.2. The molecule has 0 bridgehead atoms. The molecule has 0 fully saturated rings. The fourth-order valence-electron chi connectivity index (χ4n) is 4.04. The summed E-state index contributed by atoms with van der Waals surface area (Å²) in [5.74, 6) is 0.454. The highest BCUT2D eigenvalue weighted by Crippen LogP contribution is 2.16. The molecule has 1 amide bonds. The quantitative estimate of drug-likeness (QED) is 0.132. The molecule has 1 N–H and O–H groups in total. The Kier molecular flexibility index (Phi) is 14.6. The van der Waals surface area contributed by atoms with Gasteiger partial charge in [0.25, 0.3) is 0 Å². The van der Waals surface area contributed by atoms with Gasteiger partial charge in [-0.05, 0) is 50.7 Å². The van der Waals surface area contributed by atoms with Crippen LogP contribution in [0.5, 0.6) is 5.75 Å². The van der Waals surface area contributed by atoms with E-state index < -0.39 is 6.09 Å². The summed E-state index contributed by atoms with van der Waals surface area (Å²) in [7, 11) is 3.75. The topological polar surface area (TPSA) is 148 Å². The van der Waals surface area contributed by atoms with E-state index in [1.54, 1.807) is 66.7 Å². The number of hydrogen-bond acceptors (Lipinski definition) is 8. The number of rotatable bonds is 9. The molecular weight excluding hydrogens is 600 g/mol. The third-order valence-electron chi connectivity index (χ3n) is 6.64. The number of pyridine rings is 2. The SMILES string of the molecule is CCCCN(C)C(=O)n1cnc(-c2ccc[n+]([O-])c2)c1.CCCCNC.O=C(Oc1ccccc1)n1cnc(-c2ccc[n+]([O-])c2)c1. The molecule has 0 atom stereocenters. The Balaban J connectivity index is 0.000000219. The molecule has 13 heteroatoms. The van der Waals surface area contributed by atoms with Crippen LogP contribution < -0.4 is 19.5 Å². The zero-order chi connectivity index (χ0) is 34.0. The molecule has 0 radical (unpaired) electrons. The number of nitrogens with zero attached hydrogens (tertiary/aromatic N) is 7. The largest absolute Gasteiger partial charge is 0.619 e. The monoisotopic (exact) mass is 642 g/mol. The van der Waals surface area contributed by atoms with Crippen molar-refractivity contribution in [2.24, 2.45) is 0 Å². The van der Waals surface area contributed by atoms with Crippen LogP contribution in [0.2, 0.25) is 0 Å². The maximum atomic E-state index is 12.1. The van der Waals surface area contributed by atoms with Crippen molar-refractivity contribution in [1.82, 2.24) is 29.3 Å². The second-order valence-corrected chi connectivity index (χ2v) is 10.4. The smallest absolute Gasteiger partial charge is 0.424 e. The van der Waals surface area contributed by atoms with Crippen molar-refractivity contribution >= 4 is 12.1 Å². The maximum Gasteiger partial charge on any atom is 0.424 e. The van der Waals surface area contributed by atoms with E-state index in [0.717, 1.165) is 25.9 Å². The number of nitrogens with one attached hydrogen (secondary N) is 1. The normalized spacial score (nSPS) is 10.2. The van der Waals surface area contributed by atoms with Crippen molar-refractivity contribution in [2.45, 2.75) is 39.5 Å². The Morgan fingerprint density at radius 3 is 1.89 bits per heavy atom. The van der Waals surface area contributed by atoms with Crippen LogP contribution in [0.15, 0.2) is 104 Å². The molecule has 0 saturated carbocycles. The van der Waals surface area contributed by atoms with Gasteiger partial charge in [-0.15, -0.1) is 0 Å². The van der Waals surface area contributed by atoms with Gasteiger partial charge in [0.1, 0.15) is 18.4 Å². The predicted octanol–water partition coefficient (Wildman–Crippen LogP) is 5.12. The Labute approximate surface area is 274 Å². The summed E-state index contributed by atoms with van der Waals surface area (Å²) in [6.07, 6.45) is 15.6. The van der Waals surface area contributed by atoms with Crippen molar-refractivity contribution in [1.29, 1.82) is 0 Å². The second-order valence-electron chi connectivity index (χ2n) is 10.4. The first-order chi connectivity index (χ1) is 22.7. The number of hydrogen-bond donors (Lipinski definition) is 1. The van der Waals surface area contributed by atoms with Gasteiger partial charge in [0.15, 0.2) is 24.8 Å². The van der Waals surface area contributed by atoms with E-state index in [0.29, 0.717) is 37.7 Å². The van der Waals surface area contributed by atoms with Gasteiger partial charge in [0.2, 0.25) is 0 Å². The third kappa shape index (κ3) is 11.7. The van der Waals surface area contributed by atoms with E-state index in [2.05, 4.69) is 29.1 Å². The van der Waals surface area contributed by atoms with E-state index in [1.165, 1.54) is 65.6 Å². The average Bonchev–Trinajstić information content (AvgIpc) is 3.79. The van der Waals surface area contributed by atoms with Gasteiger partial charge < -0.3 is 25.4 Å². The highest BCUT2D eigenvalue weighted by Gasteiger charge is 2.14. The van der Waals surface area contributed by atoms with Crippen LogP contribution in [0.4, 0.5) is 9.59 Å². The van der Waals surface area contributed by atoms with Gasteiger partial charge in [0.05, 0.1) is 22.5 Å². The molecule has 5 aromatic rings. The summed E-state index contributed by atoms with van der Waals surface area (Å²) in [6, 6.07) is 15.4. The molecular formula is C34H42N8O5. The minimum atomic E-state index is -0.564. The number of carbonyl (C=O) groups is 2. The Morgan fingerprint density at radius 1 is 0.830 bits per heavy atom. The minimum Gasteiger partial charge on any atom is -0.619 e. The van der Waals surface area contributed by atoms with E-state index in [4.69, 9.17) is 4.74 Å². The van der Waals surface area contributed by atoms with Crippen LogP contribution >= 0.6 is 0 Å². The molecule has 0 spiro atoms. The first-order valence-corrected chi connectivity index (χ1v) is 15.4. The van der Waals surface area contributed by atoms with E-state index in [1.807, 2.05) is 13.1 Å². The van der Waals surface area contributed by atoms with Crippen LogP contribution in [-0.4, -0.2) is 63.3 Å². The standard InChI is InChI=1S/C15H11N3O3.C14H18N4O2.C5H13N/c19-15(21-13-6-2-1-3-7-13)17-10-14(16-11-17)12-5-4-8-18(20)9-12;1-3-4-7-16(2)14(19)17-10-13(15-11-17)12-6-5-8-18(20)9-12;1-3-4-5-6-2/h1-11H;5-6,8-11H,3-4,7H2,1-2H3;6H,3-5H2,1-2H3. The number of benzene rings is 1. The maximum absolute atomic E-state index is 12.1. The average molecular weight is 643 g/mol. The van der Waals surface area contributed by atoms with E-state index in [-0.39, 0.29) is 6.03 Å². The fourth-order valence-corrected chi connectivity index (χ4v) is 4.04. The van der Waals surface area contributed by atoms with Crippen molar-refractivity contribution in [3.8, 4) is 28.3 Å². The molecule has 4 heterocycles. The number of amides is 1. The number of ether oxygens (including phenoxy) is 1. The van der Waals surface area contributed by atoms with E-state index >= 15 is 0 Å². The summed E-state index contributed by atoms with van der Waals surface area (Å²) >= 11 is 0. The number of carbonyl (C=O) groups excluding carboxylic acids is 2. The Morgan fingerprint density at radius 2 is 1.38 bits per heavy atom. The molecule has 5 rings (SSSR count). The summed E-state index contributed by atoms with van der Waals surface area (Å²) in [4.78, 5) is 34.0. The zero-order valence-corrected chi connectivity index (χ0v) is 27.2. The number of aromatic nitrogens is 6. The third-order valence-corrected chi connectivity index (χ3v) is 6.64. The highest BCUT2D eigenvalue weighted by molar-refractivity contribution is 5.77. The van der Waals surface area contributed by atoms with Crippen LogP contribution in [0, 0.1) is 10.4 Å². The summed E-state index contributed by atoms with van der Waals surface area (Å²) in [5, 5.41) is 25.5. The summed E-state index contributed by atoms with van der Waals surface area (Å²) in [6.45, 7) is 6.16. The van der Waals surface area contributed by atoms with Gasteiger partial charge in [0, 0.05) is 38.1 Å². The minimum absolute atomic E-state index is 0.122. The molecule has 0 aliphatic heterocycles. The van der Waals surface area contributed by atoms with Crippen LogP contribution in [0.1, 0.15) is 39.5 Å². The van der Waals surface area contributed by atoms with Gasteiger partial charge >= 0.3 is 12.1 Å². The fraction of sp³-hybridized carbons (Fsp3) is 0.294. The molecule has 1 aromatic carbocycles. The lowest BCUT2D eigenvalue weighted by atomic mass is 10.2. The van der Waals surface area contributed by atoms with Crippen molar-refractivity contribution in [3.05, 3.63) is 115 Å². The van der Waals surface area contributed by atoms with Gasteiger partial charge in [-0.2, -0.15) is 9.46 Å². The van der Waals surface area contributed by atoms with Crippen molar-refractivity contribution < 1.29 is 23.8 Å². The van der Waals surface area contributed by atoms with Crippen LogP contribution in [0.25, 0.3) is 22.5 Å². The van der Waals surface area contributed by atoms with Crippen molar-refractivity contribution in [3.63, 3.8) is 0 Å². The predicted molar refractivity (Wildman–Crippen MR) is 178 cm³/mol. The Hall–Kier alpha value is -5.56. The summed E-state index contributed by atoms with van der Waals surface area (Å²) in [5.41, 5.74) is 2.43. The molecule has 0 unspecified atom stereocenters. The molecule has 13 nitrogen and oxygen atoms in total. The molecule has 0 saturated heterocycles. The lowest BCUT2D eigenvalue weighted by molar-refractivity contribution is -0.605. The molecule has 0 aliphatic rings. The molecule has 47 heavy (non-hydrogen) atoms. The number of unbranched alkanes of at least 4 members (excludes halogenated alkanes) is 2. The number of imidazole rings is 2. The molecule has 4 aromatic heterocycles. The number of para-hydroxylation sites is 1. The molecule has 0 aliphatic carbocycles. The van der Waals surface area contributed by atoms with Gasteiger partial charge in [-0.25, -0.2) is 24.1 Å². The van der Waals surface area contributed by atoms with Gasteiger partial charge in [-0.3, -0.25) is 4.57 Å². The van der Waals surface area contributed by atoms with Gasteiger partial charge in [-0.1, -0.05) is 44.9 Å². The lowest BCUT2D eigenvalue weighted by Crippen LogP contribution is -2.31. The first kappa shape index (κ1) is 35.9. The van der Waals surface area contributed by atoms with Crippen molar-refractivity contribution in [2.75, 3.05) is 27.2 Å². The lowest BCUT2D eigenvalue weighted by Gasteiger charge is -2.16. The van der Waals surface area contributed by atoms with Crippen LogP contribution in [0.3, 0.4) is 0 Å². The summed E-state index contributed by atoms with van der Waals surface area (Å²) < 4.78 is 9.24.